The maximum atomic E-state index is 13.4. The van der Waals surface area contributed by atoms with Crippen LogP contribution in [-0.2, 0) is 0 Å². The van der Waals surface area contributed by atoms with Gasteiger partial charge in [-0.3, -0.25) is 9.78 Å². The summed E-state index contributed by atoms with van der Waals surface area (Å²) in [5.74, 6) is -1.10. The van der Waals surface area contributed by atoms with E-state index in [4.69, 9.17) is 5.73 Å². The number of nitrogens with one attached hydrogen (secondary N) is 1. The molecule has 1 aromatic carbocycles. The Morgan fingerprint density at radius 1 is 1.32 bits per heavy atom. The summed E-state index contributed by atoms with van der Waals surface area (Å²) in [6.07, 6.45) is 2.40. The monoisotopic (exact) mass is 259 g/mol. The smallest absolute Gasteiger partial charge is 0.254 e. The van der Waals surface area contributed by atoms with Gasteiger partial charge in [0.05, 0.1) is 17.8 Å². The van der Waals surface area contributed by atoms with Crippen molar-refractivity contribution in [1.82, 2.24) is 10.3 Å². The number of nitrogen functional groups attached to an aromatic ring is 1. The Bertz CT molecular complexity index is 583. The molecular formula is C14H14FN3O. The second kappa shape index (κ2) is 5.48. The zero-order valence-corrected chi connectivity index (χ0v) is 10.4. The molecule has 3 N–H and O–H groups in total. The maximum absolute atomic E-state index is 13.4. The van der Waals surface area contributed by atoms with Crippen molar-refractivity contribution in [3.05, 3.63) is 59.7 Å². The van der Waals surface area contributed by atoms with Crippen LogP contribution in [0.4, 0.5) is 10.1 Å². The first-order chi connectivity index (χ1) is 9.08. The van der Waals surface area contributed by atoms with Crippen molar-refractivity contribution in [3.8, 4) is 0 Å². The van der Waals surface area contributed by atoms with E-state index in [-0.39, 0.29) is 11.6 Å². The minimum Gasteiger partial charge on any atom is -0.399 e. The van der Waals surface area contributed by atoms with Crippen LogP contribution in [0.25, 0.3) is 0 Å². The number of amides is 1. The SMILES string of the molecule is CC(NC(=O)c1ccncc1F)c1ccc(N)cc1. The van der Waals surface area contributed by atoms with Gasteiger partial charge >= 0.3 is 0 Å². The van der Waals surface area contributed by atoms with Crippen LogP contribution < -0.4 is 11.1 Å². The van der Waals surface area contributed by atoms with Crippen LogP contribution in [0.15, 0.2) is 42.7 Å². The number of anilines is 1. The number of hydrogen-bond acceptors (Lipinski definition) is 3. The van der Waals surface area contributed by atoms with Crippen LogP contribution >= 0.6 is 0 Å². The van der Waals surface area contributed by atoms with Gasteiger partial charge in [0.1, 0.15) is 0 Å². The van der Waals surface area contributed by atoms with Crippen molar-refractivity contribution < 1.29 is 9.18 Å². The summed E-state index contributed by atoms with van der Waals surface area (Å²) in [5.41, 5.74) is 7.13. The van der Waals surface area contributed by atoms with Crippen molar-refractivity contribution in [3.63, 3.8) is 0 Å². The van der Waals surface area contributed by atoms with E-state index in [0.717, 1.165) is 11.8 Å². The molecule has 1 heterocycles. The maximum Gasteiger partial charge on any atom is 0.254 e. The standard InChI is InChI=1S/C14H14FN3O/c1-9(10-2-4-11(16)5-3-10)18-14(19)12-6-7-17-8-13(12)15/h2-9H,16H2,1H3,(H,18,19). The number of pyridine rings is 1. The summed E-state index contributed by atoms with van der Waals surface area (Å²) in [7, 11) is 0. The van der Waals surface area contributed by atoms with Gasteiger partial charge in [0.2, 0.25) is 0 Å². The Hall–Kier alpha value is -2.43. The number of nitrogens with zero attached hydrogens (tertiary/aromatic N) is 1. The average Bonchev–Trinajstić information content (AvgIpc) is 2.39. The lowest BCUT2D eigenvalue weighted by molar-refractivity contribution is 0.0935. The first-order valence-electron chi connectivity index (χ1n) is 5.83. The summed E-state index contributed by atoms with van der Waals surface area (Å²) in [6.45, 7) is 1.82. The molecule has 0 aliphatic heterocycles. The van der Waals surface area contributed by atoms with Crippen LogP contribution in [0.3, 0.4) is 0 Å². The fourth-order valence-corrected chi connectivity index (χ4v) is 1.70. The quantitative estimate of drug-likeness (QED) is 0.831. The fourth-order valence-electron chi connectivity index (χ4n) is 1.70. The van der Waals surface area contributed by atoms with E-state index >= 15 is 0 Å². The predicted molar refractivity (Wildman–Crippen MR) is 70.9 cm³/mol. The van der Waals surface area contributed by atoms with E-state index < -0.39 is 11.7 Å². The number of hydrogen-bond donors (Lipinski definition) is 2. The number of carbonyl (C=O) groups is 1. The molecule has 2 rings (SSSR count). The number of benzene rings is 1. The summed E-state index contributed by atoms with van der Waals surface area (Å²) in [5, 5.41) is 2.73. The molecule has 0 radical (unpaired) electrons. The third kappa shape index (κ3) is 3.07. The molecule has 0 fully saturated rings. The predicted octanol–water partition coefficient (Wildman–Crippen LogP) is 2.29. The van der Waals surface area contributed by atoms with Gasteiger partial charge < -0.3 is 11.1 Å². The highest BCUT2D eigenvalue weighted by Crippen LogP contribution is 2.15. The number of nitrogens with two attached hydrogens (primary N) is 1. The van der Waals surface area contributed by atoms with Crippen molar-refractivity contribution >= 4 is 11.6 Å². The molecule has 0 spiro atoms. The molecule has 19 heavy (non-hydrogen) atoms. The molecule has 0 aliphatic rings. The Balaban J connectivity index is 2.11. The van der Waals surface area contributed by atoms with Gasteiger partial charge in [-0.1, -0.05) is 12.1 Å². The summed E-state index contributed by atoms with van der Waals surface area (Å²) in [6, 6.07) is 8.27. The number of halogens is 1. The normalized spacial score (nSPS) is 11.9. The van der Waals surface area contributed by atoms with Crippen LogP contribution in [0.5, 0.6) is 0 Å². The molecule has 0 aliphatic carbocycles. The first-order valence-corrected chi connectivity index (χ1v) is 5.83. The molecule has 0 saturated heterocycles. The van der Waals surface area contributed by atoms with Gasteiger partial charge in [0, 0.05) is 11.9 Å². The second-order valence-corrected chi connectivity index (χ2v) is 4.22. The lowest BCUT2D eigenvalue weighted by atomic mass is 10.1. The molecule has 0 saturated carbocycles. The zero-order chi connectivity index (χ0) is 13.8. The molecule has 1 aromatic heterocycles. The Kier molecular flexibility index (Phi) is 3.75. The Morgan fingerprint density at radius 3 is 2.63 bits per heavy atom. The van der Waals surface area contributed by atoms with Crippen LogP contribution in [0.1, 0.15) is 28.9 Å². The lowest BCUT2D eigenvalue weighted by Gasteiger charge is -2.14. The Labute approximate surface area is 110 Å². The molecule has 4 nitrogen and oxygen atoms in total. The minimum absolute atomic E-state index is 0.0164. The largest absolute Gasteiger partial charge is 0.399 e. The van der Waals surface area contributed by atoms with E-state index in [1.807, 2.05) is 19.1 Å². The molecule has 98 valence electrons. The fraction of sp³-hybridized carbons (Fsp3) is 0.143. The molecule has 1 unspecified atom stereocenters. The zero-order valence-electron chi connectivity index (χ0n) is 10.4. The van der Waals surface area contributed by atoms with Gasteiger partial charge in [-0.2, -0.15) is 0 Å². The third-order valence-corrected chi connectivity index (χ3v) is 2.80. The van der Waals surface area contributed by atoms with Gasteiger partial charge in [0.25, 0.3) is 5.91 Å². The summed E-state index contributed by atoms with van der Waals surface area (Å²) >= 11 is 0. The summed E-state index contributed by atoms with van der Waals surface area (Å²) in [4.78, 5) is 15.5. The van der Waals surface area contributed by atoms with Crippen LogP contribution in [0.2, 0.25) is 0 Å². The molecule has 1 atom stereocenters. The van der Waals surface area contributed by atoms with E-state index in [0.29, 0.717) is 5.69 Å². The highest BCUT2D eigenvalue weighted by atomic mass is 19.1. The number of aromatic nitrogens is 1. The van der Waals surface area contributed by atoms with Crippen molar-refractivity contribution in [2.45, 2.75) is 13.0 Å². The van der Waals surface area contributed by atoms with E-state index in [1.165, 1.54) is 12.3 Å². The summed E-state index contributed by atoms with van der Waals surface area (Å²) < 4.78 is 13.4. The lowest BCUT2D eigenvalue weighted by Crippen LogP contribution is -2.27. The van der Waals surface area contributed by atoms with Crippen LogP contribution in [-0.4, -0.2) is 10.9 Å². The molecule has 0 bridgehead atoms. The number of carbonyl (C=O) groups excluding carboxylic acids is 1. The minimum atomic E-state index is -0.635. The van der Waals surface area contributed by atoms with E-state index in [9.17, 15) is 9.18 Å². The van der Waals surface area contributed by atoms with Gasteiger partial charge in [-0.25, -0.2) is 4.39 Å². The van der Waals surface area contributed by atoms with Crippen molar-refractivity contribution in [2.24, 2.45) is 0 Å². The van der Waals surface area contributed by atoms with Gasteiger partial charge in [-0.05, 0) is 30.7 Å². The molecule has 1 amide bonds. The highest BCUT2D eigenvalue weighted by Gasteiger charge is 2.14. The molecule has 5 heteroatoms. The van der Waals surface area contributed by atoms with E-state index in [1.54, 1.807) is 12.1 Å². The highest BCUT2D eigenvalue weighted by molar-refractivity contribution is 5.94. The topological polar surface area (TPSA) is 68.0 Å². The van der Waals surface area contributed by atoms with Crippen molar-refractivity contribution in [2.75, 3.05) is 5.73 Å². The second-order valence-electron chi connectivity index (χ2n) is 4.22. The first kappa shape index (κ1) is 13.0. The molecular weight excluding hydrogens is 245 g/mol. The van der Waals surface area contributed by atoms with Crippen LogP contribution in [0, 0.1) is 5.82 Å². The molecule has 2 aromatic rings. The van der Waals surface area contributed by atoms with Gasteiger partial charge in [0.15, 0.2) is 5.82 Å². The van der Waals surface area contributed by atoms with Crippen molar-refractivity contribution in [1.29, 1.82) is 0 Å². The average molecular weight is 259 g/mol. The van der Waals surface area contributed by atoms with E-state index in [2.05, 4.69) is 10.3 Å². The van der Waals surface area contributed by atoms with Gasteiger partial charge in [-0.15, -0.1) is 0 Å². The Morgan fingerprint density at radius 2 is 2.00 bits per heavy atom. The third-order valence-electron chi connectivity index (χ3n) is 2.80. The number of rotatable bonds is 3.